The van der Waals surface area contributed by atoms with Crippen LogP contribution in [0.25, 0.3) is 0 Å². The van der Waals surface area contributed by atoms with Gasteiger partial charge in [0.25, 0.3) is 0 Å². The molecule has 2 aromatic rings. The molecule has 0 unspecified atom stereocenters. The van der Waals surface area contributed by atoms with Crippen molar-refractivity contribution < 1.29 is 13.9 Å². The van der Waals surface area contributed by atoms with Gasteiger partial charge in [-0.05, 0) is 38.8 Å². The van der Waals surface area contributed by atoms with Gasteiger partial charge in [0.05, 0.1) is 5.56 Å². The van der Waals surface area contributed by atoms with Crippen molar-refractivity contribution in [3.63, 3.8) is 0 Å². The predicted molar refractivity (Wildman–Crippen MR) is 66.8 cm³/mol. The molecule has 0 saturated carbocycles. The molecule has 2 heterocycles. The molecule has 96 valence electrons. The van der Waals surface area contributed by atoms with Crippen LogP contribution in [0.4, 0.5) is 0 Å². The quantitative estimate of drug-likeness (QED) is 0.903. The third-order valence-corrected chi connectivity index (χ3v) is 2.80. The number of rotatable bonds is 4. The van der Waals surface area contributed by atoms with Gasteiger partial charge in [-0.1, -0.05) is 0 Å². The van der Waals surface area contributed by atoms with E-state index in [1.165, 1.54) is 6.07 Å². The molecule has 1 N–H and O–H groups in total. The summed E-state index contributed by atoms with van der Waals surface area (Å²) in [5.41, 5.74) is -0.119. The fourth-order valence-electron chi connectivity index (χ4n) is 1.91. The van der Waals surface area contributed by atoms with E-state index in [-0.39, 0.29) is 5.75 Å². The van der Waals surface area contributed by atoms with E-state index in [9.17, 15) is 9.90 Å². The summed E-state index contributed by atoms with van der Waals surface area (Å²) in [5.74, 6) is 2.20. The average Bonchev–Trinajstić information content (AvgIpc) is 2.68. The Morgan fingerprint density at radius 1 is 1.11 bits per heavy atom. The molecule has 4 nitrogen and oxygen atoms in total. The van der Waals surface area contributed by atoms with E-state index in [4.69, 9.17) is 8.83 Å². The molecular weight excluding hydrogens is 232 g/mol. The lowest BCUT2D eigenvalue weighted by Crippen LogP contribution is -2.08. The molecule has 4 heteroatoms. The zero-order valence-electron chi connectivity index (χ0n) is 10.5. The second-order valence-electron chi connectivity index (χ2n) is 4.37. The van der Waals surface area contributed by atoms with Gasteiger partial charge in [-0.15, -0.1) is 0 Å². The zero-order valence-corrected chi connectivity index (χ0v) is 10.5. The molecule has 18 heavy (non-hydrogen) atoms. The highest BCUT2D eigenvalue weighted by atomic mass is 16.4. The van der Waals surface area contributed by atoms with Crippen LogP contribution in [0.3, 0.4) is 0 Å². The zero-order chi connectivity index (χ0) is 13.1. The lowest BCUT2D eigenvalue weighted by atomic mass is 10.1. The van der Waals surface area contributed by atoms with Gasteiger partial charge in [0.2, 0.25) is 0 Å². The van der Waals surface area contributed by atoms with Crippen LogP contribution in [0.2, 0.25) is 0 Å². The average molecular weight is 248 g/mol. The van der Waals surface area contributed by atoms with E-state index in [0.717, 1.165) is 24.4 Å². The highest BCUT2D eigenvalue weighted by Crippen LogP contribution is 2.17. The Labute approximate surface area is 105 Å². The van der Waals surface area contributed by atoms with E-state index in [0.29, 0.717) is 17.7 Å². The Bertz CT molecular complexity index is 592. The summed E-state index contributed by atoms with van der Waals surface area (Å²) in [7, 11) is 0. The lowest BCUT2D eigenvalue weighted by Gasteiger charge is -2.02. The first kappa shape index (κ1) is 12.5. The molecular formula is C14H16O4. The maximum absolute atomic E-state index is 11.6. The number of aryl methyl sites for hydroxylation is 3. The molecule has 2 aromatic heterocycles. The number of hydrogen-bond donors (Lipinski definition) is 1. The molecule has 0 atom stereocenters. The first-order valence-electron chi connectivity index (χ1n) is 5.94. The molecule has 2 rings (SSSR count). The first-order valence-corrected chi connectivity index (χ1v) is 5.94. The van der Waals surface area contributed by atoms with Crippen molar-refractivity contribution in [1.29, 1.82) is 0 Å². The fraction of sp³-hybridized carbons (Fsp3) is 0.357. The Morgan fingerprint density at radius 2 is 1.89 bits per heavy atom. The highest BCUT2D eigenvalue weighted by Gasteiger charge is 2.09. The van der Waals surface area contributed by atoms with E-state index in [1.807, 2.05) is 19.1 Å². The minimum Gasteiger partial charge on any atom is -0.507 e. The summed E-state index contributed by atoms with van der Waals surface area (Å²) < 4.78 is 10.4. The van der Waals surface area contributed by atoms with Crippen molar-refractivity contribution in [3.05, 3.63) is 51.5 Å². The van der Waals surface area contributed by atoms with E-state index >= 15 is 0 Å². The molecule has 0 fully saturated rings. The van der Waals surface area contributed by atoms with E-state index in [2.05, 4.69) is 0 Å². The third-order valence-electron chi connectivity index (χ3n) is 2.80. The second-order valence-corrected chi connectivity index (χ2v) is 4.37. The third kappa shape index (κ3) is 2.83. The van der Waals surface area contributed by atoms with Gasteiger partial charge >= 0.3 is 5.63 Å². The highest BCUT2D eigenvalue weighted by molar-refractivity contribution is 5.29. The minimum atomic E-state index is -0.455. The molecule has 0 aromatic carbocycles. The largest absolute Gasteiger partial charge is 0.507 e. The van der Waals surface area contributed by atoms with Gasteiger partial charge < -0.3 is 13.9 Å². The number of furan rings is 1. The summed E-state index contributed by atoms with van der Waals surface area (Å²) in [4.78, 5) is 11.6. The van der Waals surface area contributed by atoms with Crippen LogP contribution in [-0.4, -0.2) is 5.11 Å². The summed E-state index contributed by atoms with van der Waals surface area (Å²) in [5, 5.41) is 9.69. The maximum atomic E-state index is 11.6. The van der Waals surface area contributed by atoms with E-state index in [1.54, 1.807) is 6.92 Å². The van der Waals surface area contributed by atoms with Gasteiger partial charge in [-0.2, -0.15) is 0 Å². The summed E-state index contributed by atoms with van der Waals surface area (Å²) in [6.45, 7) is 3.53. The molecule has 0 saturated heterocycles. The monoisotopic (exact) mass is 248 g/mol. The van der Waals surface area contributed by atoms with Crippen molar-refractivity contribution in [2.45, 2.75) is 33.1 Å². The predicted octanol–water partition coefficient (Wildman–Crippen LogP) is 2.73. The SMILES string of the molecule is Cc1ccc(CCCc2c(O)cc(C)oc2=O)o1. The van der Waals surface area contributed by atoms with Gasteiger partial charge in [0, 0.05) is 12.5 Å². The Hall–Kier alpha value is -1.97. The molecule has 0 spiro atoms. The lowest BCUT2D eigenvalue weighted by molar-refractivity contribution is 0.419. The van der Waals surface area contributed by atoms with Crippen molar-refractivity contribution >= 4 is 0 Å². The summed E-state index contributed by atoms with van der Waals surface area (Å²) >= 11 is 0. The Morgan fingerprint density at radius 3 is 2.50 bits per heavy atom. The number of aromatic hydroxyl groups is 1. The Kier molecular flexibility index (Phi) is 3.55. The molecule has 0 amide bonds. The van der Waals surface area contributed by atoms with Crippen LogP contribution in [-0.2, 0) is 12.8 Å². The van der Waals surface area contributed by atoms with Crippen LogP contribution < -0.4 is 5.63 Å². The Balaban J connectivity index is 2.01. The van der Waals surface area contributed by atoms with Crippen molar-refractivity contribution in [1.82, 2.24) is 0 Å². The topological polar surface area (TPSA) is 63.6 Å². The molecule has 0 aliphatic rings. The van der Waals surface area contributed by atoms with Crippen molar-refractivity contribution in [3.8, 4) is 5.75 Å². The van der Waals surface area contributed by atoms with Gasteiger partial charge in [-0.3, -0.25) is 0 Å². The smallest absolute Gasteiger partial charge is 0.342 e. The van der Waals surface area contributed by atoms with Crippen LogP contribution in [0.1, 0.15) is 29.3 Å². The van der Waals surface area contributed by atoms with Crippen LogP contribution in [0, 0.1) is 13.8 Å². The standard InChI is InChI=1S/C14H16O4/c1-9-6-7-11(17-9)4-3-5-12-13(15)8-10(2)18-14(12)16/h6-8,15H,3-5H2,1-2H3. The molecule has 0 aliphatic carbocycles. The molecule has 0 bridgehead atoms. The van der Waals surface area contributed by atoms with E-state index < -0.39 is 5.63 Å². The van der Waals surface area contributed by atoms with Crippen LogP contribution in [0.15, 0.2) is 31.8 Å². The molecule has 0 aliphatic heterocycles. The van der Waals surface area contributed by atoms with Crippen LogP contribution in [0.5, 0.6) is 5.75 Å². The van der Waals surface area contributed by atoms with Crippen molar-refractivity contribution in [2.24, 2.45) is 0 Å². The molecule has 0 radical (unpaired) electrons. The van der Waals surface area contributed by atoms with Crippen molar-refractivity contribution in [2.75, 3.05) is 0 Å². The van der Waals surface area contributed by atoms with Gasteiger partial charge in [-0.25, -0.2) is 4.79 Å². The van der Waals surface area contributed by atoms with Gasteiger partial charge in [0.1, 0.15) is 23.0 Å². The van der Waals surface area contributed by atoms with Crippen LogP contribution >= 0.6 is 0 Å². The first-order chi connectivity index (χ1) is 8.56. The second kappa shape index (κ2) is 5.12. The maximum Gasteiger partial charge on any atom is 0.342 e. The number of hydrogen-bond acceptors (Lipinski definition) is 4. The fourth-order valence-corrected chi connectivity index (χ4v) is 1.91. The minimum absolute atomic E-state index is 0.0133. The normalized spacial score (nSPS) is 10.8. The summed E-state index contributed by atoms with van der Waals surface area (Å²) in [6, 6.07) is 5.30. The van der Waals surface area contributed by atoms with Gasteiger partial charge in [0.15, 0.2) is 0 Å². The summed E-state index contributed by atoms with van der Waals surface area (Å²) in [6.07, 6.45) is 1.95.